The Hall–Kier alpha value is -3.99. The zero-order valence-corrected chi connectivity index (χ0v) is 17.9. The van der Waals surface area contributed by atoms with Gasteiger partial charge in [-0.2, -0.15) is 0 Å². The molecule has 1 aromatic heterocycles. The summed E-state index contributed by atoms with van der Waals surface area (Å²) < 4.78 is 11.6. The van der Waals surface area contributed by atoms with Gasteiger partial charge in [0.2, 0.25) is 0 Å². The van der Waals surface area contributed by atoms with Gasteiger partial charge in [0.05, 0.1) is 12.7 Å². The first-order chi connectivity index (χ1) is 15.6. The molecule has 0 saturated carbocycles. The first-order valence-corrected chi connectivity index (χ1v) is 10.4. The number of nitrogens with zero attached hydrogens (tertiary/aromatic N) is 1. The van der Waals surface area contributed by atoms with E-state index in [-0.39, 0.29) is 6.42 Å². The Morgan fingerprint density at radius 2 is 1.62 bits per heavy atom. The van der Waals surface area contributed by atoms with E-state index in [1.54, 1.807) is 6.26 Å². The third-order valence-corrected chi connectivity index (χ3v) is 5.27. The summed E-state index contributed by atoms with van der Waals surface area (Å²) in [6.07, 6.45) is 1.70. The molecule has 0 fully saturated rings. The monoisotopic (exact) mass is 427 g/mol. The molecule has 3 aromatic carbocycles. The van der Waals surface area contributed by atoms with Crippen LogP contribution in [0.4, 0.5) is 5.69 Å². The minimum atomic E-state index is -0.831. The van der Waals surface area contributed by atoms with E-state index in [9.17, 15) is 4.79 Å². The SMILES string of the molecule is CN(Cc1ccccc1OCc1ccc(CC(=O)O)cc1)c1ccc(-c2ccco2)cc1. The summed E-state index contributed by atoms with van der Waals surface area (Å²) in [5.74, 6) is 0.859. The highest BCUT2D eigenvalue weighted by Crippen LogP contribution is 2.26. The lowest BCUT2D eigenvalue weighted by molar-refractivity contribution is -0.136. The van der Waals surface area contributed by atoms with E-state index in [2.05, 4.69) is 42.3 Å². The lowest BCUT2D eigenvalue weighted by Gasteiger charge is -2.21. The fraction of sp³-hybridized carbons (Fsp3) is 0.148. The van der Waals surface area contributed by atoms with Gasteiger partial charge in [0.1, 0.15) is 18.1 Å². The van der Waals surface area contributed by atoms with Crippen molar-refractivity contribution in [1.82, 2.24) is 0 Å². The number of carbonyl (C=O) groups is 1. The molecule has 0 atom stereocenters. The Labute approximate surface area is 187 Å². The number of benzene rings is 3. The molecule has 4 rings (SSSR count). The van der Waals surface area contributed by atoms with Gasteiger partial charge in [-0.15, -0.1) is 0 Å². The molecule has 0 aliphatic heterocycles. The topological polar surface area (TPSA) is 62.9 Å². The minimum absolute atomic E-state index is 0.0266. The number of carboxylic acid groups (broad SMARTS) is 1. The van der Waals surface area contributed by atoms with Crippen molar-refractivity contribution in [2.75, 3.05) is 11.9 Å². The van der Waals surface area contributed by atoms with Crippen LogP contribution in [0.2, 0.25) is 0 Å². The second-order valence-electron chi connectivity index (χ2n) is 7.66. The molecule has 0 radical (unpaired) electrons. The largest absolute Gasteiger partial charge is 0.489 e. The van der Waals surface area contributed by atoms with Crippen LogP contribution in [-0.4, -0.2) is 18.1 Å². The van der Waals surface area contributed by atoms with E-state index in [0.29, 0.717) is 13.2 Å². The van der Waals surface area contributed by atoms with Crippen molar-refractivity contribution >= 4 is 11.7 Å². The zero-order chi connectivity index (χ0) is 22.3. The van der Waals surface area contributed by atoms with Gasteiger partial charge in [-0.25, -0.2) is 0 Å². The smallest absolute Gasteiger partial charge is 0.307 e. The highest BCUT2D eigenvalue weighted by Gasteiger charge is 2.09. The lowest BCUT2D eigenvalue weighted by atomic mass is 10.1. The maximum Gasteiger partial charge on any atom is 0.307 e. The average Bonchev–Trinajstić information content (AvgIpc) is 3.34. The van der Waals surface area contributed by atoms with Gasteiger partial charge in [-0.3, -0.25) is 4.79 Å². The van der Waals surface area contributed by atoms with Crippen LogP contribution in [0.3, 0.4) is 0 Å². The molecule has 0 aliphatic rings. The van der Waals surface area contributed by atoms with Crippen molar-refractivity contribution in [2.45, 2.75) is 19.6 Å². The molecule has 0 bridgehead atoms. The highest BCUT2D eigenvalue weighted by atomic mass is 16.5. The second kappa shape index (κ2) is 9.88. The molecule has 32 heavy (non-hydrogen) atoms. The molecule has 0 aliphatic carbocycles. The average molecular weight is 428 g/mol. The van der Waals surface area contributed by atoms with Crippen LogP contribution in [0.25, 0.3) is 11.3 Å². The van der Waals surface area contributed by atoms with Crippen molar-refractivity contribution in [3.05, 3.63) is 108 Å². The molecule has 5 heteroatoms. The summed E-state index contributed by atoms with van der Waals surface area (Å²) >= 11 is 0. The summed E-state index contributed by atoms with van der Waals surface area (Å²) in [6, 6.07) is 27.6. The molecule has 0 unspecified atom stereocenters. The van der Waals surface area contributed by atoms with E-state index < -0.39 is 5.97 Å². The van der Waals surface area contributed by atoms with Crippen LogP contribution in [0.1, 0.15) is 16.7 Å². The van der Waals surface area contributed by atoms with Crippen molar-refractivity contribution in [3.8, 4) is 17.1 Å². The molecule has 0 amide bonds. The van der Waals surface area contributed by atoms with E-state index in [4.69, 9.17) is 14.3 Å². The van der Waals surface area contributed by atoms with E-state index in [0.717, 1.165) is 39.5 Å². The quantitative estimate of drug-likeness (QED) is 0.366. The van der Waals surface area contributed by atoms with Gasteiger partial charge in [0.25, 0.3) is 0 Å². The second-order valence-corrected chi connectivity index (χ2v) is 7.66. The van der Waals surface area contributed by atoms with E-state index in [1.165, 1.54) is 0 Å². The first-order valence-electron chi connectivity index (χ1n) is 10.4. The van der Waals surface area contributed by atoms with Crippen molar-refractivity contribution < 1.29 is 19.1 Å². The van der Waals surface area contributed by atoms with Crippen LogP contribution >= 0.6 is 0 Å². The summed E-state index contributed by atoms with van der Waals surface area (Å²) in [5.41, 5.74) is 5.01. The van der Waals surface area contributed by atoms with Crippen LogP contribution in [0.5, 0.6) is 5.75 Å². The molecule has 4 aromatic rings. The van der Waals surface area contributed by atoms with Crippen molar-refractivity contribution in [2.24, 2.45) is 0 Å². The normalized spacial score (nSPS) is 10.7. The summed E-state index contributed by atoms with van der Waals surface area (Å²) in [6.45, 7) is 1.12. The fourth-order valence-electron chi connectivity index (χ4n) is 3.53. The van der Waals surface area contributed by atoms with Crippen molar-refractivity contribution in [3.63, 3.8) is 0 Å². The Kier molecular flexibility index (Phi) is 6.56. The highest BCUT2D eigenvalue weighted by molar-refractivity contribution is 5.70. The van der Waals surface area contributed by atoms with Gasteiger partial charge in [0, 0.05) is 30.4 Å². The van der Waals surface area contributed by atoms with E-state index >= 15 is 0 Å². The maximum atomic E-state index is 10.8. The van der Waals surface area contributed by atoms with Gasteiger partial charge in [-0.05, 0) is 53.6 Å². The zero-order valence-electron chi connectivity index (χ0n) is 17.9. The Balaban J connectivity index is 1.40. The fourth-order valence-corrected chi connectivity index (χ4v) is 3.53. The van der Waals surface area contributed by atoms with Gasteiger partial charge in [-0.1, -0.05) is 42.5 Å². The maximum absolute atomic E-state index is 10.8. The molecule has 1 N–H and O–H groups in total. The Morgan fingerprint density at radius 1 is 0.906 bits per heavy atom. The predicted octanol–water partition coefficient (Wildman–Crippen LogP) is 5.79. The molecular formula is C27H25NO4. The third-order valence-electron chi connectivity index (χ3n) is 5.27. The number of rotatable bonds is 9. The third kappa shape index (κ3) is 5.38. The molecule has 0 spiro atoms. The number of aliphatic carboxylic acids is 1. The minimum Gasteiger partial charge on any atom is -0.489 e. The van der Waals surface area contributed by atoms with Gasteiger partial charge in [0.15, 0.2) is 0 Å². The summed E-state index contributed by atoms with van der Waals surface area (Å²) in [7, 11) is 2.06. The Morgan fingerprint density at radius 3 is 2.31 bits per heavy atom. The number of carboxylic acids is 1. The Bertz CT molecular complexity index is 1150. The number of hydrogen-bond acceptors (Lipinski definition) is 4. The molecule has 1 heterocycles. The number of furan rings is 1. The van der Waals surface area contributed by atoms with Crippen molar-refractivity contribution in [1.29, 1.82) is 0 Å². The first kappa shape index (κ1) is 21.2. The number of anilines is 1. The predicted molar refractivity (Wildman–Crippen MR) is 125 cm³/mol. The van der Waals surface area contributed by atoms with Gasteiger partial charge >= 0.3 is 5.97 Å². The molecule has 0 saturated heterocycles. The number of para-hydroxylation sites is 1. The van der Waals surface area contributed by atoms with Crippen LogP contribution in [0, 0.1) is 0 Å². The van der Waals surface area contributed by atoms with Crippen LogP contribution in [-0.2, 0) is 24.4 Å². The van der Waals surface area contributed by atoms with Crippen LogP contribution < -0.4 is 9.64 Å². The number of hydrogen-bond donors (Lipinski definition) is 1. The van der Waals surface area contributed by atoms with Crippen LogP contribution in [0.15, 0.2) is 95.6 Å². The van der Waals surface area contributed by atoms with Gasteiger partial charge < -0.3 is 19.2 Å². The molecule has 5 nitrogen and oxygen atoms in total. The molecule has 162 valence electrons. The summed E-state index contributed by atoms with van der Waals surface area (Å²) in [4.78, 5) is 13.0. The van der Waals surface area contributed by atoms with E-state index in [1.807, 2.05) is 54.6 Å². The standard InChI is InChI=1S/C27H25NO4/c1-28(24-14-12-22(13-15-24)25-7-4-16-31-25)18-23-5-2-3-6-26(23)32-19-21-10-8-20(9-11-21)17-27(29)30/h2-16H,17-19H2,1H3,(H,29,30). The number of ether oxygens (including phenoxy) is 1. The lowest BCUT2D eigenvalue weighted by Crippen LogP contribution is -2.17. The summed E-state index contributed by atoms with van der Waals surface area (Å²) in [5, 5.41) is 8.90. The molecular weight excluding hydrogens is 402 g/mol.